The van der Waals surface area contributed by atoms with Crippen molar-refractivity contribution in [3.05, 3.63) is 23.8 Å². The Morgan fingerprint density at radius 3 is 2.75 bits per heavy atom. The van der Waals surface area contributed by atoms with E-state index in [-0.39, 0.29) is 6.04 Å². The fourth-order valence-corrected chi connectivity index (χ4v) is 4.30. The van der Waals surface area contributed by atoms with Gasteiger partial charge < -0.3 is 10.1 Å². The van der Waals surface area contributed by atoms with Crippen LogP contribution in [0.1, 0.15) is 18.4 Å². The standard InChI is InChI=1S/C14H22N2O3S/c1-11-9-13(19-3)6-7-14(11)20(17,18)16-8-4-5-12(10-16)15-2/h6-7,9,12,15H,4-5,8,10H2,1-3H3. The van der Waals surface area contributed by atoms with E-state index >= 15 is 0 Å². The van der Waals surface area contributed by atoms with Crippen LogP contribution in [0.2, 0.25) is 0 Å². The first-order valence-corrected chi connectivity index (χ1v) is 8.25. The summed E-state index contributed by atoms with van der Waals surface area (Å²) in [6.45, 7) is 2.92. The molecule has 2 rings (SSSR count). The van der Waals surface area contributed by atoms with E-state index in [4.69, 9.17) is 4.74 Å². The van der Waals surface area contributed by atoms with Gasteiger partial charge in [0.15, 0.2) is 0 Å². The number of hydrogen-bond donors (Lipinski definition) is 1. The Hall–Kier alpha value is -1.11. The molecule has 112 valence electrons. The summed E-state index contributed by atoms with van der Waals surface area (Å²) in [5.41, 5.74) is 0.718. The maximum atomic E-state index is 12.7. The van der Waals surface area contributed by atoms with Crippen LogP contribution < -0.4 is 10.1 Å². The molecule has 1 aliphatic heterocycles. The second-order valence-corrected chi connectivity index (χ2v) is 7.03. The van der Waals surface area contributed by atoms with Gasteiger partial charge in [0.25, 0.3) is 0 Å². The van der Waals surface area contributed by atoms with Gasteiger partial charge in [-0.15, -0.1) is 0 Å². The molecule has 1 aliphatic rings. The predicted octanol–water partition coefficient (Wildman–Crippen LogP) is 1.38. The van der Waals surface area contributed by atoms with Crippen molar-refractivity contribution in [2.45, 2.75) is 30.7 Å². The number of benzene rings is 1. The highest BCUT2D eigenvalue weighted by Gasteiger charge is 2.30. The molecule has 20 heavy (non-hydrogen) atoms. The second-order valence-electron chi connectivity index (χ2n) is 5.12. The highest BCUT2D eigenvalue weighted by molar-refractivity contribution is 7.89. The lowest BCUT2D eigenvalue weighted by Crippen LogP contribution is -2.46. The number of nitrogens with zero attached hydrogens (tertiary/aromatic N) is 1. The van der Waals surface area contributed by atoms with Crippen LogP contribution >= 0.6 is 0 Å². The molecule has 0 radical (unpaired) electrons. The van der Waals surface area contributed by atoms with Crippen molar-refractivity contribution < 1.29 is 13.2 Å². The summed E-state index contributed by atoms with van der Waals surface area (Å²) in [7, 11) is 0.0260. The number of piperidine rings is 1. The molecule has 0 spiro atoms. The molecule has 0 amide bonds. The van der Waals surface area contributed by atoms with E-state index in [1.54, 1.807) is 36.5 Å². The number of aryl methyl sites for hydroxylation is 1. The number of nitrogens with one attached hydrogen (secondary N) is 1. The lowest BCUT2D eigenvalue weighted by molar-refractivity contribution is 0.292. The zero-order chi connectivity index (χ0) is 14.8. The van der Waals surface area contributed by atoms with E-state index < -0.39 is 10.0 Å². The Labute approximate surface area is 121 Å². The summed E-state index contributed by atoms with van der Waals surface area (Å²) < 4.78 is 32.2. The fourth-order valence-electron chi connectivity index (χ4n) is 2.57. The number of hydrogen-bond acceptors (Lipinski definition) is 4. The molecular weight excluding hydrogens is 276 g/mol. The van der Waals surface area contributed by atoms with Crippen LogP contribution in [0.25, 0.3) is 0 Å². The average molecular weight is 298 g/mol. The van der Waals surface area contributed by atoms with Crippen molar-refractivity contribution >= 4 is 10.0 Å². The van der Waals surface area contributed by atoms with Gasteiger partial charge in [0.2, 0.25) is 10.0 Å². The number of methoxy groups -OCH3 is 1. The van der Waals surface area contributed by atoms with Crippen LogP contribution in [0, 0.1) is 6.92 Å². The van der Waals surface area contributed by atoms with Crippen molar-refractivity contribution in [2.75, 3.05) is 27.2 Å². The molecule has 0 bridgehead atoms. The molecule has 1 unspecified atom stereocenters. The summed E-state index contributed by atoms with van der Waals surface area (Å²) >= 11 is 0. The van der Waals surface area contributed by atoms with Gasteiger partial charge in [0.05, 0.1) is 12.0 Å². The molecule has 1 fully saturated rings. The minimum atomic E-state index is -3.42. The van der Waals surface area contributed by atoms with Crippen LogP contribution in [0.3, 0.4) is 0 Å². The van der Waals surface area contributed by atoms with Gasteiger partial charge in [-0.2, -0.15) is 4.31 Å². The van der Waals surface area contributed by atoms with Crippen LogP contribution in [0.15, 0.2) is 23.1 Å². The van der Waals surface area contributed by atoms with Crippen LogP contribution in [0.5, 0.6) is 5.75 Å². The first kappa shape index (κ1) is 15.3. The molecular formula is C14H22N2O3S. The number of sulfonamides is 1. The smallest absolute Gasteiger partial charge is 0.243 e. The zero-order valence-corrected chi connectivity index (χ0v) is 13.0. The summed E-state index contributed by atoms with van der Waals surface area (Å²) in [6.07, 6.45) is 1.91. The molecule has 1 aromatic carbocycles. The molecule has 6 heteroatoms. The van der Waals surface area contributed by atoms with E-state index in [1.807, 2.05) is 7.05 Å². The van der Waals surface area contributed by atoms with Gasteiger partial charge >= 0.3 is 0 Å². The maximum Gasteiger partial charge on any atom is 0.243 e. The van der Waals surface area contributed by atoms with Gasteiger partial charge in [0.1, 0.15) is 5.75 Å². The van der Waals surface area contributed by atoms with Gasteiger partial charge in [-0.3, -0.25) is 0 Å². The van der Waals surface area contributed by atoms with E-state index in [2.05, 4.69) is 5.32 Å². The van der Waals surface area contributed by atoms with Crippen molar-refractivity contribution in [1.29, 1.82) is 0 Å². The molecule has 1 saturated heterocycles. The van der Waals surface area contributed by atoms with Crippen molar-refractivity contribution in [1.82, 2.24) is 9.62 Å². The lowest BCUT2D eigenvalue weighted by Gasteiger charge is -2.32. The monoisotopic (exact) mass is 298 g/mol. The lowest BCUT2D eigenvalue weighted by atomic mass is 10.1. The Kier molecular flexibility index (Phi) is 4.67. The van der Waals surface area contributed by atoms with Gasteiger partial charge in [-0.05, 0) is 50.6 Å². The highest BCUT2D eigenvalue weighted by atomic mass is 32.2. The fraction of sp³-hybridized carbons (Fsp3) is 0.571. The molecule has 1 aromatic rings. The molecule has 5 nitrogen and oxygen atoms in total. The van der Waals surface area contributed by atoms with E-state index in [0.29, 0.717) is 23.7 Å². The predicted molar refractivity (Wildman–Crippen MR) is 78.6 cm³/mol. The van der Waals surface area contributed by atoms with E-state index in [9.17, 15) is 8.42 Å². The third-order valence-electron chi connectivity index (χ3n) is 3.79. The number of rotatable bonds is 4. The summed E-state index contributed by atoms with van der Waals surface area (Å²) in [4.78, 5) is 0.370. The van der Waals surface area contributed by atoms with Crippen LogP contribution in [-0.4, -0.2) is 46.0 Å². The molecule has 1 atom stereocenters. The van der Waals surface area contributed by atoms with Gasteiger partial charge in [-0.1, -0.05) is 0 Å². The average Bonchev–Trinajstić information content (AvgIpc) is 2.46. The van der Waals surface area contributed by atoms with Crippen LogP contribution in [-0.2, 0) is 10.0 Å². The van der Waals surface area contributed by atoms with Crippen LogP contribution in [0.4, 0.5) is 0 Å². The number of likely N-dealkylation sites (N-methyl/N-ethyl adjacent to an activating group) is 1. The minimum absolute atomic E-state index is 0.233. The second kappa shape index (κ2) is 6.11. The maximum absolute atomic E-state index is 12.7. The van der Waals surface area contributed by atoms with E-state index in [0.717, 1.165) is 18.4 Å². The number of ether oxygens (including phenoxy) is 1. The first-order chi connectivity index (χ1) is 9.48. The zero-order valence-electron chi connectivity index (χ0n) is 12.2. The van der Waals surface area contributed by atoms with Crippen molar-refractivity contribution in [3.8, 4) is 5.75 Å². The summed E-state index contributed by atoms with van der Waals surface area (Å²) in [6, 6.07) is 5.32. The summed E-state index contributed by atoms with van der Waals surface area (Å²) in [5.74, 6) is 0.674. The SMILES string of the molecule is CNC1CCCN(S(=O)(=O)c2ccc(OC)cc2C)C1. The van der Waals surface area contributed by atoms with Crippen molar-refractivity contribution in [3.63, 3.8) is 0 Å². The largest absolute Gasteiger partial charge is 0.497 e. The third-order valence-corrected chi connectivity index (χ3v) is 5.82. The van der Waals surface area contributed by atoms with Gasteiger partial charge in [-0.25, -0.2) is 8.42 Å². The minimum Gasteiger partial charge on any atom is -0.497 e. The van der Waals surface area contributed by atoms with Gasteiger partial charge in [0, 0.05) is 19.1 Å². The Morgan fingerprint density at radius 2 is 2.15 bits per heavy atom. The highest BCUT2D eigenvalue weighted by Crippen LogP contribution is 2.26. The Balaban J connectivity index is 2.30. The molecule has 0 aliphatic carbocycles. The van der Waals surface area contributed by atoms with E-state index in [1.165, 1.54) is 0 Å². The molecule has 1 N–H and O–H groups in total. The molecule has 0 saturated carbocycles. The van der Waals surface area contributed by atoms with Crippen molar-refractivity contribution in [2.24, 2.45) is 0 Å². The molecule has 1 heterocycles. The first-order valence-electron chi connectivity index (χ1n) is 6.81. The third kappa shape index (κ3) is 2.97. The Bertz CT molecular complexity index is 572. The topological polar surface area (TPSA) is 58.6 Å². The normalized spacial score (nSPS) is 20.9. The molecule has 0 aromatic heterocycles. The Morgan fingerprint density at radius 1 is 1.40 bits per heavy atom. The summed E-state index contributed by atoms with van der Waals surface area (Å²) in [5, 5.41) is 3.16. The quantitative estimate of drug-likeness (QED) is 0.912.